The fourth-order valence-corrected chi connectivity index (χ4v) is 3.99. The third kappa shape index (κ3) is 4.54. The van der Waals surface area contributed by atoms with Gasteiger partial charge in [-0.25, -0.2) is 13.3 Å². The molecule has 1 aromatic carbocycles. The fourth-order valence-electron chi connectivity index (χ4n) is 3.73. The van der Waals surface area contributed by atoms with E-state index in [2.05, 4.69) is 27.3 Å². The van der Waals surface area contributed by atoms with E-state index in [0.717, 1.165) is 50.8 Å². The Bertz CT molecular complexity index is 979. The molecule has 0 unspecified atom stereocenters. The van der Waals surface area contributed by atoms with E-state index in [-0.39, 0.29) is 27.9 Å². The molecule has 6 nitrogen and oxygen atoms in total. The summed E-state index contributed by atoms with van der Waals surface area (Å²) in [4.78, 5) is 8.27. The maximum Gasteiger partial charge on any atom is 0.253 e. The van der Waals surface area contributed by atoms with Crippen molar-refractivity contribution in [3.63, 3.8) is 0 Å². The van der Waals surface area contributed by atoms with Crippen LogP contribution in [0.5, 0.6) is 5.75 Å². The number of ether oxygens (including phenoxy) is 1. The molecule has 0 aliphatic heterocycles. The van der Waals surface area contributed by atoms with E-state index in [4.69, 9.17) is 16.3 Å². The van der Waals surface area contributed by atoms with Gasteiger partial charge >= 0.3 is 0 Å². The lowest BCUT2D eigenvalue weighted by Gasteiger charge is -2.25. The molecule has 1 N–H and O–H groups in total. The SMILES string of the molecule is CCNC.COc1cc(F)c(-c2c(Cl)nc3ncnn3c2C2CCCCC2)c(F)c1. The molecule has 0 radical (unpaired) electrons. The minimum Gasteiger partial charge on any atom is -0.497 e. The summed E-state index contributed by atoms with van der Waals surface area (Å²) in [5.74, 6) is -0.976. The Kier molecular flexibility index (Phi) is 7.55. The van der Waals surface area contributed by atoms with Crippen LogP contribution in [0.4, 0.5) is 8.78 Å². The van der Waals surface area contributed by atoms with Gasteiger partial charge in [0.1, 0.15) is 28.9 Å². The molecule has 9 heteroatoms. The minimum absolute atomic E-state index is 0.0223. The van der Waals surface area contributed by atoms with Crippen molar-refractivity contribution in [2.45, 2.75) is 44.9 Å². The van der Waals surface area contributed by atoms with E-state index < -0.39 is 11.6 Å². The van der Waals surface area contributed by atoms with Crippen LogP contribution in [-0.2, 0) is 0 Å². The van der Waals surface area contributed by atoms with Crippen LogP contribution in [0.2, 0.25) is 5.15 Å². The van der Waals surface area contributed by atoms with Crippen molar-refractivity contribution in [2.75, 3.05) is 20.7 Å². The maximum atomic E-state index is 14.8. The zero-order valence-corrected chi connectivity index (χ0v) is 18.1. The van der Waals surface area contributed by atoms with Crippen LogP contribution in [0.1, 0.15) is 50.6 Å². The summed E-state index contributed by atoms with van der Waals surface area (Å²) in [6, 6.07) is 2.29. The standard InChI is InChI=1S/C18H17ClF2N4O.C3H9N/c1-26-11-7-12(20)14(13(21)8-11)15-16(10-5-3-2-4-6-10)25-18(22-9-23-25)24-17(15)19;1-3-4-2/h7-10H,2-6H2,1H3;4H,3H2,1-2H3. The monoisotopic (exact) mass is 437 g/mol. The number of hydrogen-bond donors (Lipinski definition) is 1. The Morgan fingerprint density at radius 3 is 2.37 bits per heavy atom. The maximum absolute atomic E-state index is 14.8. The first-order valence-corrected chi connectivity index (χ1v) is 10.5. The number of aromatic nitrogens is 4. The number of nitrogens with zero attached hydrogens (tertiary/aromatic N) is 4. The van der Waals surface area contributed by atoms with E-state index in [9.17, 15) is 8.78 Å². The summed E-state index contributed by atoms with van der Waals surface area (Å²) >= 11 is 6.38. The van der Waals surface area contributed by atoms with Gasteiger partial charge in [-0.3, -0.25) is 0 Å². The summed E-state index contributed by atoms with van der Waals surface area (Å²) in [6.45, 7) is 3.14. The van der Waals surface area contributed by atoms with Crippen molar-refractivity contribution in [1.82, 2.24) is 24.9 Å². The topological polar surface area (TPSA) is 64.3 Å². The van der Waals surface area contributed by atoms with Crippen molar-refractivity contribution in [3.05, 3.63) is 40.9 Å². The Hall–Kier alpha value is -2.32. The lowest BCUT2D eigenvalue weighted by atomic mass is 9.84. The summed E-state index contributed by atoms with van der Waals surface area (Å²) in [5, 5.41) is 7.18. The molecule has 1 saturated carbocycles. The number of nitrogens with one attached hydrogen (secondary N) is 1. The van der Waals surface area contributed by atoms with Gasteiger partial charge in [-0.15, -0.1) is 0 Å². The molecule has 2 aromatic heterocycles. The molecule has 0 amide bonds. The molecule has 1 aliphatic rings. The van der Waals surface area contributed by atoms with Crippen molar-refractivity contribution in [1.29, 1.82) is 0 Å². The van der Waals surface area contributed by atoms with Gasteiger partial charge in [0.05, 0.1) is 18.4 Å². The smallest absolute Gasteiger partial charge is 0.253 e. The third-order valence-corrected chi connectivity index (χ3v) is 5.54. The molecule has 162 valence electrons. The molecular formula is C21H26ClF2N5O. The molecule has 0 atom stereocenters. The summed E-state index contributed by atoms with van der Waals surface area (Å²) in [7, 11) is 3.29. The van der Waals surface area contributed by atoms with Gasteiger partial charge < -0.3 is 10.1 Å². The highest BCUT2D eigenvalue weighted by atomic mass is 35.5. The molecule has 1 aliphatic carbocycles. The van der Waals surface area contributed by atoms with Gasteiger partial charge in [0.15, 0.2) is 0 Å². The quantitative estimate of drug-likeness (QED) is 0.581. The fraction of sp³-hybridized carbons (Fsp3) is 0.476. The number of benzene rings is 1. The van der Waals surface area contributed by atoms with Gasteiger partial charge in [-0.2, -0.15) is 15.1 Å². The van der Waals surface area contributed by atoms with Gasteiger partial charge in [0.2, 0.25) is 0 Å². The Balaban J connectivity index is 0.000000589. The van der Waals surface area contributed by atoms with Gasteiger partial charge in [0.25, 0.3) is 5.78 Å². The predicted molar refractivity (Wildman–Crippen MR) is 113 cm³/mol. The molecule has 0 bridgehead atoms. The van der Waals surface area contributed by atoms with Gasteiger partial charge in [-0.1, -0.05) is 37.8 Å². The first-order valence-electron chi connectivity index (χ1n) is 10.1. The first kappa shape index (κ1) is 22.4. The van der Waals surface area contributed by atoms with Crippen molar-refractivity contribution in [2.24, 2.45) is 0 Å². The highest BCUT2D eigenvalue weighted by molar-refractivity contribution is 6.32. The summed E-state index contributed by atoms with van der Waals surface area (Å²) in [6.07, 6.45) is 6.43. The first-order chi connectivity index (χ1) is 14.5. The van der Waals surface area contributed by atoms with Crippen LogP contribution < -0.4 is 10.1 Å². The number of methoxy groups -OCH3 is 1. The van der Waals surface area contributed by atoms with Crippen molar-refractivity contribution in [3.8, 4) is 16.9 Å². The average molecular weight is 438 g/mol. The molecular weight excluding hydrogens is 412 g/mol. The van der Waals surface area contributed by atoms with Crippen molar-refractivity contribution < 1.29 is 13.5 Å². The second-order valence-electron chi connectivity index (χ2n) is 7.14. The molecule has 0 spiro atoms. The molecule has 4 rings (SSSR count). The zero-order valence-electron chi connectivity index (χ0n) is 17.4. The second-order valence-corrected chi connectivity index (χ2v) is 7.50. The third-order valence-electron chi connectivity index (χ3n) is 5.27. The number of halogens is 3. The van der Waals surface area contributed by atoms with Crippen LogP contribution in [0.15, 0.2) is 18.5 Å². The number of hydrogen-bond acceptors (Lipinski definition) is 5. The van der Waals surface area contributed by atoms with Crippen LogP contribution in [0, 0.1) is 11.6 Å². The van der Waals surface area contributed by atoms with E-state index in [0.29, 0.717) is 11.5 Å². The van der Waals surface area contributed by atoms with E-state index in [1.807, 2.05) is 7.05 Å². The molecule has 3 aromatic rings. The second kappa shape index (κ2) is 10.1. The Labute approximate surface area is 179 Å². The molecule has 0 saturated heterocycles. The summed E-state index contributed by atoms with van der Waals surface area (Å²) < 4.78 is 36.1. The minimum atomic E-state index is -0.748. The van der Waals surface area contributed by atoms with Crippen LogP contribution in [-0.4, -0.2) is 40.3 Å². The zero-order chi connectivity index (χ0) is 21.7. The van der Waals surface area contributed by atoms with Crippen LogP contribution >= 0.6 is 11.6 Å². The Morgan fingerprint density at radius 1 is 1.17 bits per heavy atom. The molecule has 1 fully saturated rings. The van der Waals surface area contributed by atoms with Crippen LogP contribution in [0.25, 0.3) is 16.9 Å². The highest BCUT2D eigenvalue weighted by Crippen LogP contribution is 2.42. The van der Waals surface area contributed by atoms with Crippen molar-refractivity contribution >= 4 is 17.4 Å². The normalized spacial score (nSPS) is 14.5. The number of fused-ring (bicyclic) bond motifs is 1. The Morgan fingerprint density at radius 2 is 1.80 bits per heavy atom. The van der Waals surface area contributed by atoms with Gasteiger partial charge in [-0.05, 0) is 26.4 Å². The molecule has 30 heavy (non-hydrogen) atoms. The van der Waals surface area contributed by atoms with E-state index in [1.165, 1.54) is 13.4 Å². The van der Waals surface area contributed by atoms with E-state index >= 15 is 0 Å². The lowest BCUT2D eigenvalue weighted by Crippen LogP contribution is -2.14. The lowest BCUT2D eigenvalue weighted by molar-refractivity contribution is 0.407. The average Bonchev–Trinajstić information content (AvgIpc) is 3.21. The number of rotatable bonds is 4. The predicted octanol–water partition coefficient (Wildman–Crippen LogP) is 5.00. The summed E-state index contributed by atoms with van der Waals surface area (Å²) in [5.41, 5.74) is 0.704. The highest BCUT2D eigenvalue weighted by Gasteiger charge is 2.29. The van der Waals surface area contributed by atoms with E-state index in [1.54, 1.807) is 4.52 Å². The van der Waals surface area contributed by atoms with Gasteiger partial charge in [0, 0.05) is 23.6 Å². The molecule has 2 heterocycles. The largest absolute Gasteiger partial charge is 0.497 e. The van der Waals surface area contributed by atoms with Crippen LogP contribution in [0.3, 0.4) is 0 Å².